The molecule has 7 heteroatoms. The summed E-state index contributed by atoms with van der Waals surface area (Å²) in [6, 6.07) is 8.14. The summed E-state index contributed by atoms with van der Waals surface area (Å²) in [4.78, 5) is 23.6. The van der Waals surface area contributed by atoms with Gasteiger partial charge in [0, 0.05) is 58.4 Å². The lowest BCUT2D eigenvalue weighted by Crippen LogP contribution is -2.54. The summed E-state index contributed by atoms with van der Waals surface area (Å²) in [6.45, 7) is 12.7. The van der Waals surface area contributed by atoms with Crippen LogP contribution in [0.2, 0.25) is 0 Å². The second kappa shape index (κ2) is 10.8. The number of guanidine groups is 1. The number of benzene rings is 1. The Morgan fingerprint density at radius 3 is 2.32 bits per heavy atom. The second-order valence-corrected chi connectivity index (χ2v) is 9.43. The summed E-state index contributed by atoms with van der Waals surface area (Å²) in [7, 11) is 1.83. The Hall–Kier alpha value is -2.28. The maximum absolute atomic E-state index is 12.6. The molecule has 2 fully saturated rings. The predicted molar refractivity (Wildman–Crippen MR) is 125 cm³/mol. The van der Waals surface area contributed by atoms with Crippen LogP contribution in [0.1, 0.15) is 45.6 Å². The van der Waals surface area contributed by atoms with Crippen LogP contribution in [-0.2, 0) is 11.3 Å². The van der Waals surface area contributed by atoms with Crippen LogP contribution in [0.4, 0.5) is 0 Å². The molecule has 172 valence electrons. The molecule has 0 aliphatic carbocycles. The average Bonchev–Trinajstić information content (AvgIpc) is 2.76. The van der Waals surface area contributed by atoms with Crippen molar-refractivity contribution in [1.29, 1.82) is 0 Å². The summed E-state index contributed by atoms with van der Waals surface area (Å²) in [6.07, 6.45) is 3.54. The molecule has 0 radical (unpaired) electrons. The quantitative estimate of drug-likeness (QED) is 0.576. The van der Waals surface area contributed by atoms with Crippen molar-refractivity contribution in [3.05, 3.63) is 29.8 Å². The van der Waals surface area contributed by atoms with E-state index >= 15 is 0 Å². The molecule has 0 bridgehead atoms. The molecule has 1 amide bonds. The number of piperazine rings is 1. The molecule has 0 saturated carbocycles. The molecule has 2 aliphatic heterocycles. The third kappa shape index (κ3) is 7.13. The van der Waals surface area contributed by atoms with Gasteiger partial charge in [0.25, 0.3) is 0 Å². The molecule has 1 aromatic rings. The van der Waals surface area contributed by atoms with Crippen molar-refractivity contribution in [3.63, 3.8) is 0 Å². The highest BCUT2D eigenvalue weighted by Crippen LogP contribution is 2.23. The number of nitrogens with zero attached hydrogens (tertiary/aromatic N) is 4. The summed E-state index contributed by atoms with van der Waals surface area (Å²) in [5.41, 5.74) is 0.879. The van der Waals surface area contributed by atoms with Crippen molar-refractivity contribution in [2.24, 2.45) is 4.99 Å². The van der Waals surface area contributed by atoms with Crippen LogP contribution in [0.5, 0.6) is 5.75 Å². The van der Waals surface area contributed by atoms with Crippen LogP contribution in [0.3, 0.4) is 0 Å². The van der Waals surface area contributed by atoms with E-state index < -0.39 is 0 Å². The third-order valence-corrected chi connectivity index (χ3v) is 5.78. The normalized spacial score (nSPS) is 18.8. The number of hydrogen-bond donors (Lipinski definition) is 1. The smallest absolute Gasteiger partial charge is 0.236 e. The number of hydrogen-bond acceptors (Lipinski definition) is 4. The van der Waals surface area contributed by atoms with E-state index in [-0.39, 0.29) is 11.5 Å². The highest BCUT2D eigenvalue weighted by Gasteiger charge is 2.24. The van der Waals surface area contributed by atoms with Gasteiger partial charge in [0.05, 0.1) is 6.54 Å². The molecule has 31 heavy (non-hydrogen) atoms. The Bertz CT molecular complexity index is 745. The van der Waals surface area contributed by atoms with Crippen LogP contribution in [0, 0.1) is 0 Å². The first-order valence-electron chi connectivity index (χ1n) is 11.6. The first-order valence-corrected chi connectivity index (χ1v) is 11.6. The number of carbonyl (C=O) groups excluding carboxylic acids is 1. The molecule has 1 aromatic carbocycles. The minimum absolute atomic E-state index is 0.236. The lowest BCUT2D eigenvalue weighted by Gasteiger charge is -2.37. The lowest BCUT2D eigenvalue weighted by atomic mass is 10.1. The molecule has 0 unspecified atom stereocenters. The SMILES string of the molecule is CN=C(NCc1ccccc1OC(C)(C)C)N1CCN(CC(=O)N2CCCCC2)CC1. The molecule has 3 rings (SSSR count). The number of aliphatic imine (C=N–C) groups is 1. The summed E-state index contributed by atoms with van der Waals surface area (Å²) in [5.74, 6) is 2.08. The van der Waals surface area contributed by atoms with Crippen LogP contribution in [0.25, 0.3) is 0 Å². The van der Waals surface area contributed by atoms with Crippen molar-refractivity contribution in [2.45, 2.75) is 52.2 Å². The van der Waals surface area contributed by atoms with Gasteiger partial charge in [-0.05, 0) is 46.1 Å². The third-order valence-electron chi connectivity index (χ3n) is 5.78. The highest BCUT2D eigenvalue weighted by atomic mass is 16.5. The van der Waals surface area contributed by atoms with Crippen molar-refractivity contribution in [3.8, 4) is 5.75 Å². The zero-order chi connectivity index (χ0) is 22.3. The van der Waals surface area contributed by atoms with Crippen molar-refractivity contribution < 1.29 is 9.53 Å². The van der Waals surface area contributed by atoms with Gasteiger partial charge < -0.3 is 19.9 Å². The number of nitrogens with one attached hydrogen (secondary N) is 1. The van der Waals surface area contributed by atoms with Crippen LogP contribution in [-0.4, -0.2) is 85.0 Å². The second-order valence-electron chi connectivity index (χ2n) is 9.43. The van der Waals surface area contributed by atoms with Crippen LogP contribution >= 0.6 is 0 Å². The Morgan fingerprint density at radius 1 is 1.00 bits per heavy atom. The molecule has 2 aliphatic rings. The van der Waals surface area contributed by atoms with Gasteiger partial charge in [0.2, 0.25) is 5.91 Å². The largest absolute Gasteiger partial charge is 0.488 e. The van der Waals surface area contributed by atoms with E-state index in [4.69, 9.17) is 4.74 Å². The molecular weight excluding hydrogens is 390 g/mol. The van der Waals surface area contributed by atoms with Crippen LogP contribution < -0.4 is 10.1 Å². The molecule has 7 nitrogen and oxygen atoms in total. The van der Waals surface area contributed by atoms with E-state index in [1.54, 1.807) is 0 Å². The number of rotatable bonds is 5. The average molecular weight is 430 g/mol. The molecule has 2 saturated heterocycles. The van der Waals surface area contributed by atoms with Gasteiger partial charge in [-0.2, -0.15) is 0 Å². The van der Waals surface area contributed by atoms with E-state index in [1.165, 1.54) is 6.42 Å². The monoisotopic (exact) mass is 429 g/mol. The van der Waals surface area contributed by atoms with Crippen molar-refractivity contribution in [1.82, 2.24) is 20.0 Å². The molecule has 0 aromatic heterocycles. The minimum atomic E-state index is -0.236. The molecular formula is C24H39N5O2. The lowest BCUT2D eigenvalue weighted by molar-refractivity contribution is -0.133. The Labute approximate surface area is 187 Å². The zero-order valence-electron chi connectivity index (χ0n) is 19.7. The number of ether oxygens (including phenoxy) is 1. The zero-order valence-corrected chi connectivity index (χ0v) is 19.7. The fraction of sp³-hybridized carbons (Fsp3) is 0.667. The summed E-state index contributed by atoms with van der Waals surface area (Å²) >= 11 is 0. The maximum atomic E-state index is 12.6. The predicted octanol–water partition coefficient (Wildman–Crippen LogP) is 2.57. The standard InChI is InChI=1S/C24H39N5O2/c1-24(2,3)31-21-11-7-6-10-20(21)18-26-23(25-4)29-16-14-27(15-17-29)19-22(30)28-12-8-5-9-13-28/h6-7,10-11H,5,8-9,12-19H2,1-4H3,(H,25,26). The van der Waals surface area contributed by atoms with Crippen molar-refractivity contribution >= 4 is 11.9 Å². The summed E-state index contributed by atoms with van der Waals surface area (Å²) in [5, 5.41) is 3.49. The Morgan fingerprint density at radius 2 is 1.68 bits per heavy atom. The van der Waals surface area contributed by atoms with Gasteiger partial charge in [0.1, 0.15) is 11.4 Å². The van der Waals surface area contributed by atoms with E-state index in [2.05, 4.69) is 46.9 Å². The first-order chi connectivity index (χ1) is 14.9. The molecule has 1 N–H and O–H groups in total. The molecule has 0 spiro atoms. The first kappa shape index (κ1) is 23.4. The summed E-state index contributed by atoms with van der Waals surface area (Å²) < 4.78 is 6.11. The number of para-hydroxylation sites is 1. The number of likely N-dealkylation sites (tertiary alicyclic amines) is 1. The van der Waals surface area contributed by atoms with E-state index in [0.717, 1.165) is 69.4 Å². The van der Waals surface area contributed by atoms with Gasteiger partial charge >= 0.3 is 0 Å². The number of piperidine rings is 1. The number of carbonyl (C=O) groups is 1. The Kier molecular flexibility index (Phi) is 8.18. The van der Waals surface area contributed by atoms with Crippen molar-refractivity contribution in [2.75, 3.05) is 52.9 Å². The van der Waals surface area contributed by atoms with E-state index in [9.17, 15) is 4.79 Å². The van der Waals surface area contributed by atoms with Gasteiger partial charge in [-0.1, -0.05) is 18.2 Å². The topological polar surface area (TPSA) is 60.4 Å². The van der Waals surface area contributed by atoms with Crippen LogP contribution in [0.15, 0.2) is 29.3 Å². The van der Waals surface area contributed by atoms with Gasteiger partial charge in [-0.15, -0.1) is 0 Å². The van der Waals surface area contributed by atoms with E-state index in [0.29, 0.717) is 13.1 Å². The fourth-order valence-electron chi connectivity index (χ4n) is 4.14. The highest BCUT2D eigenvalue weighted by molar-refractivity contribution is 5.80. The maximum Gasteiger partial charge on any atom is 0.236 e. The minimum Gasteiger partial charge on any atom is -0.488 e. The van der Waals surface area contributed by atoms with E-state index in [1.807, 2.05) is 30.1 Å². The van der Waals surface area contributed by atoms with Gasteiger partial charge in [-0.3, -0.25) is 14.7 Å². The van der Waals surface area contributed by atoms with Gasteiger partial charge in [-0.25, -0.2) is 0 Å². The molecule has 2 heterocycles. The van der Waals surface area contributed by atoms with Gasteiger partial charge in [0.15, 0.2) is 5.96 Å². The fourth-order valence-corrected chi connectivity index (χ4v) is 4.14. The number of amides is 1. The molecule has 0 atom stereocenters. The Balaban J connectivity index is 1.48.